The Balaban J connectivity index is 1.55. The van der Waals surface area contributed by atoms with Crippen molar-refractivity contribution in [1.29, 1.82) is 0 Å². The monoisotopic (exact) mass is 550 g/mol. The van der Waals surface area contributed by atoms with Crippen molar-refractivity contribution in [2.45, 2.75) is 6.92 Å². The zero-order valence-electron chi connectivity index (χ0n) is 21.2. The summed E-state index contributed by atoms with van der Waals surface area (Å²) in [7, 11) is 0. The molecule has 0 bridgehead atoms. The second kappa shape index (κ2) is 10.7. The predicted molar refractivity (Wildman–Crippen MR) is 169 cm³/mol. The summed E-state index contributed by atoms with van der Waals surface area (Å²) in [6.07, 6.45) is 8.45. The summed E-state index contributed by atoms with van der Waals surface area (Å²) in [4.78, 5) is 0. The van der Waals surface area contributed by atoms with E-state index >= 15 is 0 Å². The van der Waals surface area contributed by atoms with Crippen molar-refractivity contribution in [1.82, 2.24) is 0 Å². The largest absolute Gasteiger partial charge is 0.0877 e. The summed E-state index contributed by atoms with van der Waals surface area (Å²) in [6, 6.07) is 43.8. The van der Waals surface area contributed by atoms with Gasteiger partial charge in [0.15, 0.2) is 0 Å². The van der Waals surface area contributed by atoms with Gasteiger partial charge in [-0.3, -0.25) is 0 Å². The fourth-order valence-corrected chi connectivity index (χ4v) is 5.82. The van der Waals surface area contributed by atoms with Gasteiger partial charge in [0.25, 0.3) is 0 Å². The number of hydrogen-bond donors (Lipinski definition) is 0. The van der Waals surface area contributed by atoms with Gasteiger partial charge in [0, 0.05) is 4.47 Å². The average Bonchev–Trinajstić information content (AvgIpc) is 2.97. The van der Waals surface area contributed by atoms with Crippen molar-refractivity contribution >= 4 is 43.6 Å². The van der Waals surface area contributed by atoms with E-state index in [9.17, 15) is 0 Å². The maximum atomic E-state index is 3.77. The summed E-state index contributed by atoms with van der Waals surface area (Å²) < 4.78 is 1.10. The molecule has 0 aliphatic rings. The standard InChI is InChI=1S/C37H27Br/c1-2-3-4-13-26-24-28-25-27(22-23-31(28)32-16-7-5-14-29(26)32)30-15-6-8-17-33(30)34-18-9-10-19-35(34)36-20-11-12-21-37(36)38/h2-25H,1H3/b3-2-,13-4-. The van der Waals surface area contributed by atoms with Crippen LogP contribution in [0, 0.1) is 0 Å². The van der Waals surface area contributed by atoms with E-state index in [4.69, 9.17) is 0 Å². The summed E-state index contributed by atoms with van der Waals surface area (Å²) in [6.45, 7) is 2.04. The molecule has 0 unspecified atom stereocenters. The zero-order chi connectivity index (χ0) is 25.9. The van der Waals surface area contributed by atoms with Crippen LogP contribution in [-0.4, -0.2) is 0 Å². The molecule has 0 atom stereocenters. The molecule has 0 saturated heterocycles. The Morgan fingerprint density at radius 1 is 0.500 bits per heavy atom. The highest BCUT2D eigenvalue weighted by atomic mass is 79.9. The van der Waals surface area contributed by atoms with E-state index in [0.29, 0.717) is 0 Å². The quantitative estimate of drug-likeness (QED) is 0.148. The second-order valence-electron chi connectivity index (χ2n) is 9.40. The fourth-order valence-electron chi connectivity index (χ4n) is 5.32. The number of fused-ring (bicyclic) bond motifs is 3. The van der Waals surface area contributed by atoms with Gasteiger partial charge in [0.2, 0.25) is 0 Å². The van der Waals surface area contributed by atoms with E-state index in [2.05, 4.69) is 162 Å². The van der Waals surface area contributed by atoms with Crippen LogP contribution in [0.15, 0.2) is 144 Å². The van der Waals surface area contributed by atoms with Crippen molar-refractivity contribution in [2.75, 3.05) is 0 Å². The Morgan fingerprint density at radius 2 is 1.08 bits per heavy atom. The third-order valence-corrected chi connectivity index (χ3v) is 7.78. The first-order valence-corrected chi connectivity index (χ1v) is 13.7. The number of benzene rings is 6. The molecule has 6 rings (SSSR count). The highest BCUT2D eigenvalue weighted by molar-refractivity contribution is 9.10. The molecule has 0 saturated carbocycles. The first kappa shape index (κ1) is 24.2. The molecule has 0 heterocycles. The van der Waals surface area contributed by atoms with Gasteiger partial charge in [-0.1, -0.05) is 143 Å². The molecule has 0 N–H and O–H groups in total. The molecular weight excluding hydrogens is 524 g/mol. The minimum absolute atomic E-state index is 1.10. The van der Waals surface area contributed by atoms with E-state index in [1.54, 1.807) is 0 Å². The lowest BCUT2D eigenvalue weighted by Gasteiger charge is -2.16. The average molecular weight is 552 g/mol. The first-order chi connectivity index (χ1) is 18.7. The van der Waals surface area contributed by atoms with Crippen molar-refractivity contribution in [3.8, 4) is 33.4 Å². The molecule has 6 aromatic rings. The Bertz CT molecular complexity index is 1840. The molecule has 0 fully saturated rings. The fraction of sp³-hybridized carbons (Fsp3) is 0.0270. The zero-order valence-corrected chi connectivity index (χ0v) is 22.8. The van der Waals surface area contributed by atoms with Crippen molar-refractivity contribution in [2.24, 2.45) is 0 Å². The summed E-state index contributed by atoms with van der Waals surface area (Å²) in [5, 5.41) is 5.08. The van der Waals surface area contributed by atoms with Gasteiger partial charge in [-0.15, -0.1) is 0 Å². The Morgan fingerprint density at radius 3 is 1.79 bits per heavy atom. The van der Waals surface area contributed by atoms with Gasteiger partial charge < -0.3 is 0 Å². The van der Waals surface area contributed by atoms with Crippen molar-refractivity contribution < 1.29 is 0 Å². The molecule has 0 amide bonds. The number of hydrogen-bond acceptors (Lipinski definition) is 0. The lowest BCUT2D eigenvalue weighted by Crippen LogP contribution is -1.90. The van der Waals surface area contributed by atoms with Crippen LogP contribution in [-0.2, 0) is 0 Å². The van der Waals surface area contributed by atoms with Gasteiger partial charge in [-0.2, -0.15) is 0 Å². The summed E-state index contributed by atoms with van der Waals surface area (Å²) in [5.41, 5.74) is 8.55. The lowest BCUT2D eigenvalue weighted by atomic mass is 9.88. The molecular formula is C37H27Br. The molecule has 1 heteroatoms. The molecule has 38 heavy (non-hydrogen) atoms. The van der Waals surface area contributed by atoms with Gasteiger partial charge in [-0.05, 0) is 85.6 Å². The SMILES string of the molecule is C/C=C\C=C/c1cc2cc(-c3ccccc3-c3ccccc3-c3ccccc3Br)ccc2c2ccccc12. The van der Waals surface area contributed by atoms with Crippen LogP contribution in [0.5, 0.6) is 0 Å². The van der Waals surface area contributed by atoms with Crippen LogP contribution >= 0.6 is 15.9 Å². The molecule has 0 nitrogen and oxygen atoms in total. The molecule has 182 valence electrons. The first-order valence-electron chi connectivity index (χ1n) is 12.9. The third-order valence-electron chi connectivity index (χ3n) is 7.09. The Hall–Kier alpha value is -4.20. The van der Waals surface area contributed by atoms with Crippen LogP contribution in [0.25, 0.3) is 61.0 Å². The highest BCUT2D eigenvalue weighted by Crippen LogP contribution is 2.41. The van der Waals surface area contributed by atoms with Crippen molar-refractivity contribution in [3.63, 3.8) is 0 Å². The lowest BCUT2D eigenvalue weighted by molar-refractivity contribution is 1.55. The smallest absolute Gasteiger partial charge is 0.0253 e. The van der Waals surface area contributed by atoms with E-state index in [0.717, 1.165) is 4.47 Å². The maximum Gasteiger partial charge on any atom is 0.0253 e. The van der Waals surface area contributed by atoms with Gasteiger partial charge in [-0.25, -0.2) is 0 Å². The normalized spacial score (nSPS) is 11.7. The molecule has 0 radical (unpaired) electrons. The molecule has 6 aromatic carbocycles. The Kier molecular flexibility index (Phi) is 6.77. The van der Waals surface area contributed by atoms with Crippen LogP contribution in [0.1, 0.15) is 12.5 Å². The minimum Gasteiger partial charge on any atom is -0.0877 e. The van der Waals surface area contributed by atoms with Gasteiger partial charge in [0.1, 0.15) is 0 Å². The topological polar surface area (TPSA) is 0 Å². The van der Waals surface area contributed by atoms with Crippen LogP contribution < -0.4 is 0 Å². The molecule has 0 aromatic heterocycles. The maximum absolute atomic E-state index is 3.77. The number of halogens is 1. The minimum atomic E-state index is 1.10. The molecule has 0 aliphatic heterocycles. The van der Waals surface area contributed by atoms with Crippen LogP contribution in [0.4, 0.5) is 0 Å². The number of allylic oxidation sites excluding steroid dienone is 3. The van der Waals surface area contributed by atoms with Gasteiger partial charge >= 0.3 is 0 Å². The van der Waals surface area contributed by atoms with Crippen molar-refractivity contribution in [3.05, 3.63) is 150 Å². The summed E-state index contributed by atoms with van der Waals surface area (Å²) in [5.74, 6) is 0. The van der Waals surface area contributed by atoms with Crippen LogP contribution in [0.2, 0.25) is 0 Å². The van der Waals surface area contributed by atoms with Gasteiger partial charge in [0.05, 0.1) is 0 Å². The predicted octanol–water partition coefficient (Wildman–Crippen LogP) is 11.3. The van der Waals surface area contributed by atoms with E-state index in [-0.39, 0.29) is 0 Å². The number of rotatable bonds is 5. The van der Waals surface area contributed by atoms with Crippen LogP contribution in [0.3, 0.4) is 0 Å². The Labute approximate surface area is 232 Å². The van der Waals surface area contributed by atoms with E-state index < -0.39 is 0 Å². The second-order valence-corrected chi connectivity index (χ2v) is 10.3. The van der Waals surface area contributed by atoms with E-state index in [1.165, 1.54) is 60.5 Å². The third kappa shape index (κ3) is 4.51. The molecule has 0 aliphatic carbocycles. The van der Waals surface area contributed by atoms with E-state index in [1.807, 2.05) is 6.92 Å². The molecule has 0 spiro atoms. The highest BCUT2D eigenvalue weighted by Gasteiger charge is 2.14. The summed E-state index contributed by atoms with van der Waals surface area (Å²) >= 11 is 3.77.